The van der Waals surface area contributed by atoms with Crippen LogP contribution in [0.2, 0.25) is 0 Å². The number of hydrazine groups is 1. The van der Waals surface area contributed by atoms with Gasteiger partial charge in [-0.1, -0.05) is 0 Å². The Morgan fingerprint density at radius 3 is 2.54 bits per heavy atom. The van der Waals surface area contributed by atoms with Crippen LogP contribution in [-0.4, -0.2) is 23.9 Å². The lowest BCUT2D eigenvalue weighted by molar-refractivity contribution is 0.150. The smallest absolute Gasteiger partial charge is 0.425 e. The molecule has 0 unspecified atom stereocenters. The zero-order chi connectivity index (χ0) is 10.3. The molecule has 76 valence electrons. The molecule has 0 aromatic heterocycles. The van der Waals surface area contributed by atoms with Crippen LogP contribution < -0.4 is 16.2 Å². The first-order chi connectivity index (χ1) is 6.06. The Labute approximate surface area is 83.2 Å². The number of nitrogens with one attached hydrogen (secondary N) is 3. The van der Waals surface area contributed by atoms with Crippen molar-refractivity contribution in [2.75, 3.05) is 6.61 Å². The lowest BCUT2D eigenvalue weighted by Gasteiger charge is -2.13. The van der Waals surface area contributed by atoms with Crippen LogP contribution in [0.15, 0.2) is 0 Å². The lowest BCUT2D eigenvalue weighted by Crippen LogP contribution is -2.48. The van der Waals surface area contributed by atoms with Crippen LogP contribution in [0.1, 0.15) is 20.8 Å². The summed E-state index contributed by atoms with van der Waals surface area (Å²) in [5, 5.41) is 3.25. The van der Waals surface area contributed by atoms with Gasteiger partial charge >= 0.3 is 6.09 Å². The normalized spacial score (nSPS) is 9.23. The van der Waals surface area contributed by atoms with Gasteiger partial charge < -0.3 is 10.1 Å². The third-order valence-electron chi connectivity index (χ3n) is 0.973. The Hall–Kier alpha value is -1.04. The molecule has 0 saturated carbocycles. The van der Waals surface area contributed by atoms with E-state index in [1.165, 1.54) is 0 Å². The molecule has 0 aliphatic carbocycles. The Kier molecular flexibility index (Phi) is 5.96. The van der Waals surface area contributed by atoms with Crippen LogP contribution in [0.4, 0.5) is 4.79 Å². The summed E-state index contributed by atoms with van der Waals surface area (Å²) in [4.78, 5) is 10.8. The molecule has 0 aromatic carbocycles. The molecular weight excluding hydrogens is 190 g/mol. The predicted molar refractivity (Wildman–Crippen MR) is 54.2 cm³/mol. The maximum absolute atomic E-state index is 10.8. The van der Waals surface area contributed by atoms with E-state index in [0.29, 0.717) is 11.7 Å². The number of carbonyl (C=O) groups excluding carboxylic acids is 1. The number of carbonyl (C=O) groups is 1. The highest BCUT2D eigenvalue weighted by Gasteiger charge is 2.01. The molecule has 0 fully saturated rings. The van der Waals surface area contributed by atoms with E-state index < -0.39 is 6.09 Å². The van der Waals surface area contributed by atoms with Gasteiger partial charge in [0.1, 0.15) is 0 Å². The second kappa shape index (κ2) is 6.47. The van der Waals surface area contributed by atoms with Crippen molar-refractivity contribution in [1.29, 1.82) is 0 Å². The number of hydrogen-bond donors (Lipinski definition) is 3. The summed E-state index contributed by atoms with van der Waals surface area (Å²) in [5.41, 5.74) is 4.77. The van der Waals surface area contributed by atoms with Gasteiger partial charge in [-0.15, -0.1) is 0 Å². The van der Waals surface area contributed by atoms with Gasteiger partial charge in [-0.25, -0.2) is 10.2 Å². The van der Waals surface area contributed by atoms with Crippen LogP contribution in [0.5, 0.6) is 0 Å². The summed E-state index contributed by atoms with van der Waals surface area (Å²) < 4.78 is 4.60. The van der Waals surface area contributed by atoms with E-state index in [1.807, 2.05) is 13.8 Å². The largest absolute Gasteiger partial charge is 0.449 e. The Balaban J connectivity index is 3.52. The van der Waals surface area contributed by atoms with E-state index in [4.69, 9.17) is 12.2 Å². The first kappa shape index (κ1) is 12.0. The monoisotopic (exact) mass is 205 g/mol. The molecule has 6 heteroatoms. The first-order valence-electron chi connectivity index (χ1n) is 4.05. The number of thiocarbonyl (C=S) groups is 1. The second-order valence-corrected chi connectivity index (χ2v) is 3.01. The molecule has 0 heterocycles. The van der Waals surface area contributed by atoms with Crippen LogP contribution in [0, 0.1) is 0 Å². The van der Waals surface area contributed by atoms with Gasteiger partial charge in [0.2, 0.25) is 0 Å². The molecule has 0 aliphatic heterocycles. The number of ether oxygens (including phenoxy) is 1. The van der Waals surface area contributed by atoms with Crippen molar-refractivity contribution >= 4 is 23.4 Å². The van der Waals surface area contributed by atoms with Crippen molar-refractivity contribution in [1.82, 2.24) is 16.2 Å². The van der Waals surface area contributed by atoms with E-state index >= 15 is 0 Å². The average molecular weight is 205 g/mol. The number of amides is 1. The third-order valence-corrected chi connectivity index (χ3v) is 1.19. The highest BCUT2D eigenvalue weighted by atomic mass is 32.1. The fraction of sp³-hybridized carbons (Fsp3) is 0.714. The van der Waals surface area contributed by atoms with E-state index in [-0.39, 0.29) is 6.04 Å². The Morgan fingerprint density at radius 2 is 2.08 bits per heavy atom. The molecule has 13 heavy (non-hydrogen) atoms. The molecule has 0 aromatic rings. The molecule has 3 N–H and O–H groups in total. The quantitative estimate of drug-likeness (QED) is 0.453. The highest BCUT2D eigenvalue weighted by Crippen LogP contribution is 1.77. The highest BCUT2D eigenvalue weighted by molar-refractivity contribution is 7.80. The van der Waals surface area contributed by atoms with Gasteiger partial charge in [0.15, 0.2) is 5.11 Å². The predicted octanol–water partition coefficient (Wildman–Crippen LogP) is 0.520. The minimum absolute atomic E-state index is 0.226. The van der Waals surface area contributed by atoms with Crippen molar-refractivity contribution in [3.63, 3.8) is 0 Å². The molecule has 0 rings (SSSR count). The van der Waals surface area contributed by atoms with Crippen molar-refractivity contribution in [3.8, 4) is 0 Å². The van der Waals surface area contributed by atoms with Crippen LogP contribution in [-0.2, 0) is 4.74 Å². The first-order valence-corrected chi connectivity index (χ1v) is 4.46. The molecule has 0 bridgehead atoms. The molecule has 0 radical (unpaired) electrons. The van der Waals surface area contributed by atoms with Crippen LogP contribution in [0.25, 0.3) is 0 Å². The molecule has 0 saturated heterocycles. The lowest BCUT2D eigenvalue weighted by atomic mass is 10.4. The minimum Gasteiger partial charge on any atom is -0.449 e. The van der Waals surface area contributed by atoms with E-state index in [1.54, 1.807) is 6.92 Å². The molecule has 5 nitrogen and oxygen atoms in total. The van der Waals surface area contributed by atoms with Crippen molar-refractivity contribution in [2.24, 2.45) is 0 Å². The van der Waals surface area contributed by atoms with E-state index in [2.05, 4.69) is 20.9 Å². The van der Waals surface area contributed by atoms with Crippen LogP contribution >= 0.6 is 12.2 Å². The summed E-state index contributed by atoms with van der Waals surface area (Å²) in [6, 6.07) is 0.226. The minimum atomic E-state index is -0.546. The van der Waals surface area contributed by atoms with Gasteiger partial charge in [0.25, 0.3) is 0 Å². The summed E-state index contributed by atoms with van der Waals surface area (Å²) in [5.74, 6) is 0. The van der Waals surface area contributed by atoms with Gasteiger partial charge in [0, 0.05) is 6.04 Å². The summed E-state index contributed by atoms with van der Waals surface area (Å²) in [6.45, 7) is 5.94. The fourth-order valence-electron chi connectivity index (χ4n) is 0.573. The fourth-order valence-corrected chi connectivity index (χ4v) is 0.860. The standard InChI is InChI=1S/C7H15N3O2S/c1-4-12-7(11)10-9-6(13)8-5(2)3/h5H,4H2,1-3H3,(H,10,11)(H2,8,9,13). The Morgan fingerprint density at radius 1 is 1.46 bits per heavy atom. The second-order valence-electron chi connectivity index (χ2n) is 2.60. The summed E-state index contributed by atoms with van der Waals surface area (Å²) in [6.07, 6.45) is -0.546. The molecule has 1 amide bonds. The summed E-state index contributed by atoms with van der Waals surface area (Å²) >= 11 is 4.84. The zero-order valence-electron chi connectivity index (χ0n) is 8.01. The number of rotatable bonds is 2. The average Bonchev–Trinajstić information content (AvgIpc) is 2.00. The molecule has 0 spiro atoms. The van der Waals surface area contributed by atoms with Gasteiger partial charge in [-0.3, -0.25) is 5.43 Å². The van der Waals surface area contributed by atoms with Crippen LogP contribution in [0.3, 0.4) is 0 Å². The summed E-state index contributed by atoms with van der Waals surface area (Å²) in [7, 11) is 0. The zero-order valence-corrected chi connectivity index (χ0v) is 8.83. The van der Waals surface area contributed by atoms with Gasteiger partial charge in [-0.05, 0) is 33.0 Å². The molecular formula is C7H15N3O2S. The maximum Gasteiger partial charge on any atom is 0.425 e. The molecule has 0 aliphatic rings. The van der Waals surface area contributed by atoms with E-state index in [0.717, 1.165) is 0 Å². The van der Waals surface area contributed by atoms with Crippen molar-refractivity contribution < 1.29 is 9.53 Å². The Bertz CT molecular complexity index is 185. The molecule has 0 atom stereocenters. The van der Waals surface area contributed by atoms with Crippen molar-refractivity contribution in [2.45, 2.75) is 26.8 Å². The van der Waals surface area contributed by atoms with E-state index in [9.17, 15) is 4.79 Å². The van der Waals surface area contributed by atoms with Crippen molar-refractivity contribution in [3.05, 3.63) is 0 Å². The third kappa shape index (κ3) is 7.32. The SMILES string of the molecule is CCOC(=O)NNC(=S)NC(C)C. The number of hydrogen-bond acceptors (Lipinski definition) is 3. The van der Waals surface area contributed by atoms with Gasteiger partial charge in [0.05, 0.1) is 6.61 Å². The van der Waals surface area contributed by atoms with Gasteiger partial charge in [-0.2, -0.15) is 0 Å². The maximum atomic E-state index is 10.8. The topological polar surface area (TPSA) is 62.4 Å².